The fourth-order valence-corrected chi connectivity index (χ4v) is 4.65. The topological polar surface area (TPSA) is 62.8 Å². The van der Waals surface area contributed by atoms with Crippen LogP contribution >= 0.6 is 0 Å². The molecule has 1 fully saturated rings. The molecule has 1 unspecified atom stereocenters. The van der Waals surface area contributed by atoms with Gasteiger partial charge in [-0.25, -0.2) is 9.97 Å². The minimum absolute atomic E-state index is 0.300. The van der Waals surface area contributed by atoms with Crippen LogP contribution in [0.2, 0.25) is 0 Å². The Labute approximate surface area is 192 Å². The molecule has 1 aromatic carbocycles. The Morgan fingerprint density at radius 1 is 1.06 bits per heavy atom. The average Bonchev–Trinajstić information content (AvgIpc) is 3.26. The standard InChI is InChI=1S/C25H37N5O2/c1-18(20-8-7-19-9-14-32-22(19)15-20)29-10-12-30(13-11-29)23-26-16-21(17-27-23)24(2,3)28-25(4,5)31-6/h7-8,15-18,28H,9-14H2,1-6H3. The second kappa shape index (κ2) is 8.96. The maximum absolute atomic E-state index is 5.76. The maximum Gasteiger partial charge on any atom is 0.225 e. The Hall–Kier alpha value is -2.22. The summed E-state index contributed by atoms with van der Waals surface area (Å²) in [6.07, 6.45) is 4.89. The van der Waals surface area contributed by atoms with E-state index in [1.165, 1.54) is 11.1 Å². The van der Waals surface area contributed by atoms with E-state index in [1.54, 1.807) is 7.11 Å². The van der Waals surface area contributed by atoms with Crippen molar-refractivity contribution in [2.45, 2.75) is 58.3 Å². The SMILES string of the molecule is COC(C)(C)NC(C)(C)c1cnc(N2CCN(C(C)c3ccc4c(c3)OCC4)CC2)nc1. The summed E-state index contributed by atoms with van der Waals surface area (Å²) < 4.78 is 11.3. The van der Waals surface area contributed by atoms with Crippen molar-refractivity contribution in [2.24, 2.45) is 0 Å². The van der Waals surface area contributed by atoms with E-state index in [0.29, 0.717) is 6.04 Å². The van der Waals surface area contributed by atoms with E-state index in [4.69, 9.17) is 19.4 Å². The molecule has 1 atom stereocenters. The van der Waals surface area contributed by atoms with Crippen LogP contribution in [0.1, 0.15) is 57.4 Å². The fraction of sp³-hybridized carbons (Fsp3) is 0.600. The molecule has 0 bridgehead atoms. The molecule has 0 radical (unpaired) electrons. The number of piperazine rings is 1. The van der Waals surface area contributed by atoms with Gasteiger partial charge in [-0.3, -0.25) is 10.2 Å². The first-order valence-corrected chi connectivity index (χ1v) is 11.6. The van der Waals surface area contributed by atoms with Gasteiger partial charge < -0.3 is 14.4 Å². The molecule has 7 nitrogen and oxygen atoms in total. The van der Waals surface area contributed by atoms with Gasteiger partial charge in [0.05, 0.1) is 6.61 Å². The fourth-order valence-electron chi connectivity index (χ4n) is 4.65. The van der Waals surface area contributed by atoms with Crippen molar-refractivity contribution >= 4 is 5.95 Å². The highest BCUT2D eigenvalue weighted by Gasteiger charge is 2.30. The van der Waals surface area contributed by atoms with Crippen LogP contribution in [0, 0.1) is 0 Å². The second-order valence-corrected chi connectivity index (χ2v) is 9.90. The number of anilines is 1. The smallest absolute Gasteiger partial charge is 0.225 e. The number of aromatic nitrogens is 2. The Morgan fingerprint density at radius 3 is 2.41 bits per heavy atom. The van der Waals surface area contributed by atoms with Gasteiger partial charge in [0.15, 0.2) is 0 Å². The number of nitrogens with one attached hydrogen (secondary N) is 1. The molecule has 32 heavy (non-hydrogen) atoms. The summed E-state index contributed by atoms with van der Waals surface area (Å²) in [7, 11) is 1.71. The monoisotopic (exact) mass is 439 g/mol. The zero-order valence-corrected chi connectivity index (χ0v) is 20.3. The van der Waals surface area contributed by atoms with Crippen LogP contribution in [0.5, 0.6) is 5.75 Å². The van der Waals surface area contributed by atoms with E-state index >= 15 is 0 Å². The average molecular weight is 440 g/mol. The van der Waals surface area contributed by atoms with E-state index in [-0.39, 0.29) is 5.54 Å². The molecule has 0 saturated carbocycles. The van der Waals surface area contributed by atoms with Crippen LogP contribution < -0.4 is 15.0 Å². The van der Waals surface area contributed by atoms with Crippen LogP contribution in [0.15, 0.2) is 30.6 Å². The van der Waals surface area contributed by atoms with Gasteiger partial charge in [0.1, 0.15) is 11.5 Å². The van der Waals surface area contributed by atoms with Gasteiger partial charge in [-0.1, -0.05) is 12.1 Å². The van der Waals surface area contributed by atoms with E-state index in [9.17, 15) is 0 Å². The number of hydrogen-bond donors (Lipinski definition) is 1. The summed E-state index contributed by atoms with van der Waals surface area (Å²) in [5, 5.41) is 3.52. The lowest BCUT2D eigenvalue weighted by molar-refractivity contribution is -0.0296. The largest absolute Gasteiger partial charge is 0.493 e. The third kappa shape index (κ3) is 4.90. The zero-order valence-electron chi connectivity index (χ0n) is 20.3. The number of nitrogens with zero attached hydrogens (tertiary/aromatic N) is 4. The summed E-state index contributed by atoms with van der Waals surface area (Å²) in [4.78, 5) is 14.2. The van der Waals surface area contributed by atoms with Gasteiger partial charge in [-0.2, -0.15) is 0 Å². The Bertz CT molecular complexity index is 920. The first-order valence-electron chi connectivity index (χ1n) is 11.6. The molecule has 1 aromatic heterocycles. The highest BCUT2D eigenvalue weighted by molar-refractivity contribution is 5.41. The molecule has 174 valence electrons. The molecule has 3 heterocycles. The number of benzene rings is 1. The van der Waals surface area contributed by atoms with Crippen molar-refractivity contribution in [3.05, 3.63) is 47.3 Å². The van der Waals surface area contributed by atoms with E-state index < -0.39 is 5.72 Å². The Morgan fingerprint density at radius 2 is 1.75 bits per heavy atom. The van der Waals surface area contributed by atoms with Crippen molar-refractivity contribution in [3.8, 4) is 5.75 Å². The summed E-state index contributed by atoms with van der Waals surface area (Å²) in [6, 6.07) is 7.07. The van der Waals surface area contributed by atoms with Crippen molar-refractivity contribution in [3.63, 3.8) is 0 Å². The number of fused-ring (bicyclic) bond motifs is 1. The third-order valence-electron chi connectivity index (χ3n) is 6.83. The molecule has 4 rings (SSSR count). The summed E-state index contributed by atoms with van der Waals surface area (Å²) in [5.74, 6) is 1.86. The lowest BCUT2D eigenvalue weighted by atomic mass is 9.95. The van der Waals surface area contributed by atoms with Gasteiger partial charge in [0.25, 0.3) is 0 Å². The molecule has 0 spiro atoms. The van der Waals surface area contributed by atoms with Crippen LogP contribution in [0.3, 0.4) is 0 Å². The molecule has 0 amide bonds. The predicted molar refractivity (Wildman–Crippen MR) is 127 cm³/mol. The summed E-state index contributed by atoms with van der Waals surface area (Å²) >= 11 is 0. The number of rotatable bonds is 7. The van der Waals surface area contributed by atoms with E-state index in [0.717, 1.165) is 56.5 Å². The molecular weight excluding hydrogens is 402 g/mol. The predicted octanol–water partition coefficient (Wildman–Crippen LogP) is 3.50. The minimum atomic E-state index is -0.430. The third-order valence-corrected chi connectivity index (χ3v) is 6.83. The normalized spacial score (nSPS) is 18.4. The van der Waals surface area contributed by atoms with Gasteiger partial charge in [0.2, 0.25) is 5.95 Å². The number of ether oxygens (including phenoxy) is 2. The van der Waals surface area contributed by atoms with Crippen LogP contribution in [0.25, 0.3) is 0 Å². The molecule has 1 N–H and O–H groups in total. The first-order chi connectivity index (χ1) is 15.2. The molecule has 0 aliphatic carbocycles. The molecule has 1 saturated heterocycles. The first kappa shape index (κ1) is 23.0. The van der Waals surface area contributed by atoms with Gasteiger partial charge >= 0.3 is 0 Å². The van der Waals surface area contributed by atoms with Gasteiger partial charge in [0, 0.05) is 69.2 Å². The van der Waals surface area contributed by atoms with Gasteiger partial charge in [-0.15, -0.1) is 0 Å². The van der Waals surface area contributed by atoms with E-state index in [1.807, 2.05) is 26.2 Å². The van der Waals surface area contributed by atoms with E-state index in [2.05, 4.69) is 54.1 Å². The highest BCUT2D eigenvalue weighted by Crippen LogP contribution is 2.31. The zero-order chi connectivity index (χ0) is 22.9. The molecule has 2 aliphatic rings. The summed E-state index contributed by atoms with van der Waals surface area (Å²) in [5.41, 5.74) is 2.97. The molecule has 7 heteroatoms. The molecular formula is C25H37N5O2. The van der Waals surface area contributed by atoms with Crippen molar-refractivity contribution < 1.29 is 9.47 Å². The minimum Gasteiger partial charge on any atom is -0.493 e. The Balaban J connectivity index is 1.36. The molecule has 2 aromatic rings. The number of hydrogen-bond acceptors (Lipinski definition) is 7. The lowest BCUT2D eigenvalue weighted by Gasteiger charge is -2.38. The van der Waals surface area contributed by atoms with Crippen LogP contribution in [-0.2, 0) is 16.7 Å². The maximum atomic E-state index is 5.76. The second-order valence-electron chi connectivity index (χ2n) is 9.90. The Kier molecular flexibility index (Phi) is 6.43. The van der Waals surface area contributed by atoms with Crippen LogP contribution in [-0.4, -0.2) is 60.5 Å². The molecule has 2 aliphatic heterocycles. The van der Waals surface area contributed by atoms with Crippen molar-refractivity contribution in [1.82, 2.24) is 20.2 Å². The highest BCUT2D eigenvalue weighted by atomic mass is 16.5. The summed E-state index contributed by atoms with van der Waals surface area (Å²) in [6.45, 7) is 15.2. The van der Waals surface area contributed by atoms with Gasteiger partial charge in [-0.05, 0) is 51.8 Å². The van der Waals surface area contributed by atoms with Crippen molar-refractivity contribution in [1.29, 1.82) is 0 Å². The quantitative estimate of drug-likeness (QED) is 0.663. The van der Waals surface area contributed by atoms with Crippen molar-refractivity contribution in [2.75, 3.05) is 44.8 Å². The number of methoxy groups -OCH3 is 1. The van der Waals surface area contributed by atoms with Crippen LogP contribution in [0.4, 0.5) is 5.95 Å². The lowest BCUT2D eigenvalue weighted by Crippen LogP contribution is -2.51.